The van der Waals surface area contributed by atoms with E-state index in [0.717, 1.165) is 0 Å². The van der Waals surface area contributed by atoms with Gasteiger partial charge in [0.2, 0.25) is 0 Å². The lowest BCUT2D eigenvalue weighted by Crippen LogP contribution is -2.28. The van der Waals surface area contributed by atoms with E-state index in [9.17, 15) is 14.9 Å². The van der Waals surface area contributed by atoms with Crippen LogP contribution in [0.1, 0.15) is 12.5 Å². The molecule has 0 radical (unpaired) electrons. The third-order valence-electron chi connectivity index (χ3n) is 3.45. The largest absolute Gasteiger partial charge is 0.287 e. The van der Waals surface area contributed by atoms with Crippen molar-refractivity contribution in [2.75, 3.05) is 6.54 Å². The fraction of sp³-hybridized carbons (Fsp3) is 0.118. The molecular weight excluding hydrogens is 340 g/mol. The Kier molecular flexibility index (Phi) is 4.90. The van der Waals surface area contributed by atoms with Gasteiger partial charge in [0.25, 0.3) is 11.6 Å². The van der Waals surface area contributed by atoms with E-state index in [0.29, 0.717) is 27.9 Å². The second-order valence-corrected chi connectivity index (χ2v) is 6.13. The fourth-order valence-electron chi connectivity index (χ4n) is 2.28. The second kappa shape index (κ2) is 7.27. The number of carbonyl (C=O) groups excluding carboxylic acids is 1. The summed E-state index contributed by atoms with van der Waals surface area (Å²) >= 11 is 1.25. The molecule has 0 N–H and O–H groups in total. The number of rotatable bonds is 4. The minimum Gasteiger partial charge on any atom is -0.287 e. The summed E-state index contributed by atoms with van der Waals surface area (Å²) in [6, 6.07) is 9.75. The minimum atomic E-state index is -0.459. The molecule has 1 amide bonds. The second-order valence-electron chi connectivity index (χ2n) is 5.12. The number of pyridine rings is 1. The molecule has 3 rings (SSSR count). The van der Waals surface area contributed by atoms with E-state index in [1.807, 2.05) is 6.92 Å². The number of aromatic nitrogens is 1. The SMILES string of the molecule is CCN1C(=O)/C(=C/c2cccc([N+](=O)[O-])c2)SC1=Nc1cccnc1. The normalized spacial score (nSPS) is 17.5. The first-order chi connectivity index (χ1) is 12.1. The molecule has 25 heavy (non-hydrogen) atoms. The van der Waals surface area contributed by atoms with Crippen molar-refractivity contribution in [1.29, 1.82) is 0 Å². The molecule has 1 aliphatic heterocycles. The molecule has 2 heterocycles. The zero-order valence-corrected chi connectivity index (χ0v) is 14.1. The number of amides is 1. The Balaban J connectivity index is 1.93. The average Bonchev–Trinajstić information content (AvgIpc) is 2.90. The quantitative estimate of drug-likeness (QED) is 0.475. The highest BCUT2D eigenvalue weighted by atomic mass is 32.2. The van der Waals surface area contributed by atoms with Crippen LogP contribution in [0.15, 0.2) is 58.7 Å². The molecule has 0 unspecified atom stereocenters. The fourth-order valence-corrected chi connectivity index (χ4v) is 3.34. The smallest absolute Gasteiger partial charge is 0.270 e. The number of nitro benzene ring substituents is 1. The topological polar surface area (TPSA) is 88.7 Å². The van der Waals surface area contributed by atoms with E-state index in [-0.39, 0.29) is 11.6 Å². The van der Waals surface area contributed by atoms with Crippen LogP contribution in [0, 0.1) is 10.1 Å². The van der Waals surface area contributed by atoms with Crippen LogP contribution in [0.25, 0.3) is 6.08 Å². The molecular formula is C17H14N4O3S. The highest BCUT2D eigenvalue weighted by molar-refractivity contribution is 8.18. The van der Waals surface area contributed by atoms with E-state index >= 15 is 0 Å². The van der Waals surface area contributed by atoms with Crippen LogP contribution in [-0.2, 0) is 4.79 Å². The molecule has 1 fully saturated rings. The Bertz CT molecular complexity index is 880. The lowest BCUT2D eigenvalue weighted by molar-refractivity contribution is -0.384. The van der Waals surface area contributed by atoms with Gasteiger partial charge >= 0.3 is 0 Å². The van der Waals surface area contributed by atoms with Crippen molar-refractivity contribution in [1.82, 2.24) is 9.88 Å². The van der Waals surface area contributed by atoms with Crippen LogP contribution >= 0.6 is 11.8 Å². The van der Waals surface area contributed by atoms with Gasteiger partial charge in [0.05, 0.1) is 21.7 Å². The molecule has 0 saturated carbocycles. The van der Waals surface area contributed by atoms with Crippen LogP contribution in [0.3, 0.4) is 0 Å². The van der Waals surface area contributed by atoms with Crippen molar-refractivity contribution < 1.29 is 9.72 Å². The zero-order chi connectivity index (χ0) is 17.8. The number of carbonyl (C=O) groups is 1. The van der Waals surface area contributed by atoms with E-state index in [2.05, 4.69) is 9.98 Å². The maximum Gasteiger partial charge on any atom is 0.270 e. The summed E-state index contributed by atoms with van der Waals surface area (Å²) in [7, 11) is 0. The molecule has 2 aromatic rings. The maximum atomic E-state index is 12.6. The van der Waals surface area contributed by atoms with Crippen molar-refractivity contribution in [2.45, 2.75) is 6.92 Å². The molecule has 0 atom stereocenters. The predicted molar refractivity (Wildman–Crippen MR) is 97.4 cm³/mol. The standard InChI is InChI=1S/C17H14N4O3S/c1-2-20-16(22)15(10-12-5-3-7-14(9-12)21(23)24)25-17(20)19-13-6-4-8-18-11-13/h3-11H,2H2,1H3/b15-10-,19-17?. The highest BCUT2D eigenvalue weighted by Gasteiger charge is 2.32. The molecule has 7 nitrogen and oxygen atoms in total. The number of non-ortho nitro benzene ring substituents is 1. The molecule has 1 aliphatic rings. The van der Waals surface area contributed by atoms with Crippen LogP contribution in [0.4, 0.5) is 11.4 Å². The predicted octanol–water partition coefficient (Wildman–Crippen LogP) is 3.61. The summed E-state index contributed by atoms with van der Waals surface area (Å²) in [5.74, 6) is -0.165. The van der Waals surface area contributed by atoms with Gasteiger partial charge in [0.1, 0.15) is 0 Å². The number of benzene rings is 1. The Morgan fingerprint density at radius 1 is 1.36 bits per heavy atom. The number of aliphatic imine (C=N–C) groups is 1. The number of thioether (sulfide) groups is 1. The average molecular weight is 354 g/mol. The van der Waals surface area contributed by atoms with Crippen LogP contribution in [0.5, 0.6) is 0 Å². The van der Waals surface area contributed by atoms with E-state index in [4.69, 9.17) is 0 Å². The van der Waals surface area contributed by atoms with Gasteiger partial charge in [-0.25, -0.2) is 4.99 Å². The number of amidine groups is 1. The Morgan fingerprint density at radius 2 is 2.20 bits per heavy atom. The first kappa shape index (κ1) is 16.8. The summed E-state index contributed by atoms with van der Waals surface area (Å²) in [6.45, 7) is 2.35. The van der Waals surface area contributed by atoms with Crippen LogP contribution < -0.4 is 0 Å². The Labute approximate surface area is 148 Å². The van der Waals surface area contributed by atoms with Gasteiger partial charge in [-0.3, -0.25) is 24.8 Å². The molecule has 8 heteroatoms. The number of nitro groups is 1. The number of hydrogen-bond acceptors (Lipinski definition) is 6. The van der Waals surface area contributed by atoms with Crippen LogP contribution in [-0.4, -0.2) is 32.4 Å². The van der Waals surface area contributed by atoms with Crippen molar-refractivity contribution in [2.24, 2.45) is 4.99 Å². The van der Waals surface area contributed by atoms with Gasteiger partial charge in [0.15, 0.2) is 5.17 Å². The monoisotopic (exact) mass is 354 g/mol. The van der Waals surface area contributed by atoms with Gasteiger partial charge in [0, 0.05) is 24.9 Å². The summed E-state index contributed by atoms with van der Waals surface area (Å²) < 4.78 is 0. The highest BCUT2D eigenvalue weighted by Crippen LogP contribution is 2.34. The van der Waals surface area contributed by atoms with Crippen molar-refractivity contribution in [3.05, 3.63) is 69.4 Å². The van der Waals surface area contributed by atoms with Crippen molar-refractivity contribution in [3.8, 4) is 0 Å². The number of hydrogen-bond donors (Lipinski definition) is 0. The summed E-state index contributed by atoms with van der Waals surface area (Å²) in [5, 5.41) is 11.5. The summed E-state index contributed by atoms with van der Waals surface area (Å²) in [4.78, 5) is 33.5. The first-order valence-electron chi connectivity index (χ1n) is 7.53. The van der Waals surface area contributed by atoms with E-state index in [1.54, 1.807) is 47.6 Å². The van der Waals surface area contributed by atoms with Crippen molar-refractivity contribution >= 4 is 40.3 Å². The summed E-state index contributed by atoms with van der Waals surface area (Å²) in [6.07, 6.45) is 4.92. The van der Waals surface area contributed by atoms with Crippen molar-refractivity contribution in [3.63, 3.8) is 0 Å². The lowest BCUT2D eigenvalue weighted by atomic mass is 10.2. The van der Waals surface area contributed by atoms with Gasteiger partial charge in [-0.2, -0.15) is 0 Å². The molecule has 1 aromatic carbocycles. The molecule has 126 valence electrons. The Morgan fingerprint density at radius 3 is 2.88 bits per heavy atom. The van der Waals surface area contributed by atoms with Gasteiger partial charge in [-0.05, 0) is 42.5 Å². The maximum absolute atomic E-state index is 12.6. The Hall–Kier alpha value is -3.00. The molecule has 0 aliphatic carbocycles. The first-order valence-corrected chi connectivity index (χ1v) is 8.34. The van der Waals surface area contributed by atoms with Gasteiger partial charge < -0.3 is 0 Å². The lowest BCUT2D eigenvalue weighted by Gasteiger charge is -2.11. The molecule has 0 bridgehead atoms. The van der Waals surface area contributed by atoms with E-state index in [1.165, 1.54) is 23.9 Å². The minimum absolute atomic E-state index is 0.0126. The van der Waals surface area contributed by atoms with Crippen LogP contribution in [0.2, 0.25) is 0 Å². The van der Waals surface area contributed by atoms with Gasteiger partial charge in [-0.15, -0.1) is 0 Å². The third kappa shape index (κ3) is 3.74. The molecule has 0 spiro atoms. The number of likely N-dealkylation sites (N-methyl/N-ethyl adjacent to an activating group) is 1. The number of nitrogens with zero attached hydrogens (tertiary/aromatic N) is 4. The third-order valence-corrected chi connectivity index (χ3v) is 4.46. The summed E-state index contributed by atoms with van der Waals surface area (Å²) in [5.41, 5.74) is 1.25. The zero-order valence-electron chi connectivity index (χ0n) is 13.3. The van der Waals surface area contributed by atoms with Gasteiger partial charge in [-0.1, -0.05) is 12.1 Å². The molecule has 1 aromatic heterocycles. The molecule has 1 saturated heterocycles. The van der Waals surface area contributed by atoms with E-state index < -0.39 is 4.92 Å².